The second kappa shape index (κ2) is 5.55. The number of rotatable bonds is 2. The third-order valence-corrected chi connectivity index (χ3v) is 6.31. The van der Waals surface area contributed by atoms with Gasteiger partial charge in [0, 0.05) is 31.0 Å². The maximum atomic E-state index is 12.5. The molecular weight excluding hydrogens is 304 g/mol. The van der Waals surface area contributed by atoms with Crippen LogP contribution in [0.3, 0.4) is 0 Å². The van der Waals surface area contributed by atoms with Crippen molar-refractivity contribution in [1.82, 2.24) is 8.61 Å². The predicted octanol–water partition coefficient (Wildman–Crippen LogP) is 1.82. The van der Waals surface area contributed by atoms with Crippen LogP contribution < -0.4 is 0 Å². The molecule has 0 radical (unpaired) electrons. The van der Waals surface area contributed by atoms with Gasteiger partial charge in [0.05, 0.1) is 0 Å². The molecule has 0 N–H and O–H groups in total. The van der Waals surface area contributed by atoms with Crippen molar-refractivity contribution in [3.8, 4) is 0 Å². The minimum Gasteiger partial charge on any atom is -0.195 e. The van der Waals surface area contributed by atoms with E-state index in [1.807, 2.05) is 0 Å². The molecule has 0 saturated carbocycles. The Morgan fingerprint density at radius 3 is 2.24 bits per heavy atom. The Morgan fingerprint density at radius 1 is 1.06 bits per heavy atom. The molecule has 0 spiro atoms. The monoisotopic (exact) mass is 324 g/mol. The molecule has 2 fully saturated rings. The fourth-order valence-electron chi connectivity index (χ4n) is 2.62. The largest absolute Gasteiger partial charge is 0.282 e. The Kier molecular flexibility index (Phi) is 4.50. The highest BCUT2D eigenvalue weighted by molar-refractivity contribution is 9.09. The van der Waals surface area contributed by atoms with Gasteiger partial charge in [-0.2, -0.15) is 17.0 Å². The van der Waals surface area contributed by atoms with Crippen LogP contribution in [0.1, 0.15) is 32.6 Å². The molecule has 17 heavy (non-hydrogen) atoms. The first-order chi connectivity index (χ1) is 8.00. The molecule has 6 heteroatoms. The van der Waals surface area contributed by atoms with E-state index in [-0.39, 0.29) is 0 Å². The topological polar surface area (TPSA) is 40.6 Å². The molecule has 2 saturated heterocycles. The van der Waals surface area contributed by atoms with Crippen molar-refractivity contribution in [2.45, 2.75) is 37.4 Å². The van der Waals surface area contributed by atoms with Gasteiger partial charge < -0.3 is 0 Å². The van der Waals surface area contributed by atoms with Gasteiger partial charge in [0.15, 0.2) is 0 Å². The fourth-order valence-corrected chi connectivity index (χ4v) is 5.34. The Hall–Kier alpha value is 0.350. The lowest BCUT2D eigenvalue weighted by atomic mass is 10.0. The summed E-state index contributed by atoms with van der Waals surface area (Å²) < 4.78 is 28.2. The first-order valence-corrected chi connectivity index (χ1v) is 8.70. The summed E-state index contributed by atoms with van der Waals surface area (Å²) in [5.41, 5.74) is 0. The number of nitrogens with zero attached hydrogens (tertiary/aromatic N) is 2. The standard InChI is InChI=1S/C11H21BrN2O2S/c1-10-4-2-6-13(8-10)17(15,16)14-7-3-5-11(12)9-14/h10-11H,2-9H2,1H3. The van der Waals surface area contributed by atoms with Gasteiger partial charge in [-0.05, 0) is 31.6 Å². The fraction of sp³-hybridized carbons (Fsp3) is 1.00. The third kappa shape index (κ3) is 3.22. The first kappa shape index (κ1) is 13.8. The van der Waals surface area contributed by atoms with E-state index in [4.69, 9.17) is 0 Å². The van der Waals surface area contributed by atoms with Gasteiger partial charge in [-0.3, -0.25) is 0 Å². The average Bonchev–Trinajstić information content (AvgIpc) is 2.29. The maximum Gasteiger partial charge on any atom is 0.282 e. The number of piperidine rings is 2. The molecule has 2 aliphatic heterocycles. The summed E-state index contributed by atoms with van der Waals surface area (Å²) >= 11 is 3.53. The maximum absolute atomic E-state index is 12.5. The molecule has 0 amide bonds. The van der Waals surface area contributed by atoms with Crippen LogP contribution >= 0.6 is 15.9 Å². The molecule has 4 nitrogen and oxygen atoms in total. The molecule has 2 aliphatic rings. The Morgan fingerprint density at radius 2 is 1.65 bits per heavy atom. The van der Waals surface area contributed by atoms with Gasteiger partial charge in [-0.25, -0.2) is 0 Å². The molecule has 2 atom stereocenters. The summed E-state index contributed by atoms with van der Waals surface area (Å²) in [4.78, 5) is 0.313. The molecule has 100 valence electrons. The number of halogens is 1. The van der Waals surface area contributed by atoms with E-state index in [2.05, 4.69) is 22.9 Å². The zero-order chi connectivity index (χ0) is 12.5. The lowest BCUT2D eigenvalue weighted by molar-refractivity contribution is 0.249. The summed E-state index contributed by atoms with van der Waals surface area (Å²) in [5, 5.41) is 0. The van der Waals surface area contributed by atoms with Crippen molar-refractivity contribution in [2.75, 3.05) is 26.2 Å². The Balaban J connectivity index is 2.06. The van der Waals surface area contributed by atoms with Crippen molar-refractivity contribution in [3.63, 3.8) is 0 Å². The summed E-state index contributed by atoms with van der Waals surface area (Å²) in [6.45, 7) is 4.80. The highest BCUT2D eigenvalue weighted by atomic mass is 79.9. The minimum absolute atomic E-state index is 0.313. The van der Waals surface area contributed by atoms with Gasteiger partial charge in [-0.1, -0.05) is 22.9 Å². The molecule has 2 heterocycles. The van der Waals surface area contributed by atoms with E-state index < -0.39 is 10.2 Å². The van der Waals surface area contributed by atoms with Crippen molar-refractivity contribution in [1.29, 1.82) is 0 Å². The lowest BCUT2D eigenvalue weighted by Gasteiger charge is -2.37. The zero-order valence-electron chi connectivity index (χ0n) is 10.3. The quantitative estimate of drug-likeness (QED) is 0.727. The van der Waals surface area contributed by atoms with Crippen molar-refractivity contribution in [3.05, 3.63) is 0 Å². The van der Waals surface area contributed by atoms with E-state index in [0.717, 1.165) is 25.7 Å². The van der Waals surface area contributed by atoms with Crippen LogP contribution in [0.25, 0.3) is 0 Å². The summed E-state index contributed by atoms with van der Waals surface area (Å²) in [5.74, 6) is 0.489. The zero-order valence-corrected chi connectivity index (χ0v) is 12.7. The number of alkyl halides is 1. The first-order valence-electron chi connectivity index (χ1n) is 6.39. The van der Waals surface area contributed by atoms with Crippen molar-refractivity contribution >= 4 is 26.1 Å². The molecule has 0 aliphatic carbocycles. The normalized spacial score (nSPS) is 33.8. The molecule has 0 bridgehead atoms. The average molecular weight is 325 g/mol. The summed E-state index contributed by atoms with van der Waals surface area (Å²) in [6.07, 6.45) is 4.17. The molecule has 0 aromatic carbocycles. The van der Waals surface area contributed by atoms with E-state index in [1.165, 1.54) is 0 Å². The van der Waals surface area contributed by atoms with Crippen LogP contribution in [0.5, 0.6) is 0 Å². The smallest absolute Gasteiger partial charge is 0.195 e. The highest BCUT2D eigenvalue weighted by Gasteiger charge is 2.34. The molecule has 2 unspecified atom stereocenters. The van der Waals surface area contributed by atoms with Crippen LogP contribution in [-0.2, 0) is 10.2 Å². The molecular formula is C11H21BrN2O2S. The van der Waals surface area contributed by atoms with E-state index in [1.54, 1.807) is 8.61 Å². The predicted molar refractivity (Wildman–Crippen MR) is 72.4 cm³/mol. The van der Waals surface area contributed by atoms with Gasteiger partial charge in [0.1, 0.15) is 0 Å². The van der Waals surface area contributed by atoms with Gasteiger partial charge >= 0.3 is 0 Å². The van der Waals surface area contributed by atoms with Crippen LogP contribution in [0, 0.1) is 5.92 Å². The molecule has 2 rings (SSSR count). The van der Waals surface area contributed by atoms with Gasteiger partial charge in [0.2, 0.25) is 0 Å². The number of hydrogen-bond acceptors (Lipinski definition) is 2. The molecule has 0 aromatic heterocycles. The van der Waals surface area contributed by atoms with Crippen molar-refractivity contribution in [2.24, 2.45) is 5.92 Å². The lowest BCUT2D eigenvalue weighted by Crippen LogP contribution is -2.50. The second-order valence-corrected chi connectivity index (χ2v) is 8.43. The van der Waals surface area contributed by atoms with Crippen LogP contribution in [0.4, 0.5) is 0 Å². The SMILES string of the molecule is CC1CCCN(S(=O)(=O)N2CCCC(Br)C2)C1. The minimum atomic E-state index is -3.21. The van der Waals surface area contributed by atoms with Gasteiger partial charge in [-0.15, -0.1) is 0 Å². The van der Waals surface area contributed by atoms with E-state index in [9.17, 15) is 8.42 Å². The van der Waals surface area contributed by atoms with Crippen LogP contribution in [0.15, 0.2) is 0 Å². The van der Waals surface area contributed by atoms with E-state index in [0.29, 0.717) is 36.9 Å². The highest BCUT2D eigenvalue weighted by Crippen LogP contribution is 2.24. The molecule has 0 aromatic rings. The summed E-state index contributed by atoms with van der Waals surface area (Å²) in [6, 6.07) is 0. The Bertz CT molecular complexity index is 332. The Labute approximate surface area is 113 Å². The van der Waals surface area contributed by atoms with Crippen molar-refractivity contribution < 1.29 is 8.42 Å². The van der Waals surface area contributed by atoms with Crippen LogP contribution in [-0.4, -0.2) is 48.0 Å². The third-order valence-electron chi connectivity index (χ3n) is 3.60. The van der Waals surface area contributed by atoms with Gasteiger partial charge in [0.25, 0.3) is 10.2 Å². The van der Waals surface area contributed by atoms with E-state index >= 15 is 0 Å². The second-order valence-electron chi connectivity index (χ2n) is 5.21. The van der Waals surface area contributed by atoms with Crippen LogP contribution in [0.2, 0.25) is 0 Å². The summed E-state index contributed by atoms with van der Waals surface area (Å²) in [7, 11) is -3.21. The number of hydrogen-bond donors (Lipinski definition) is 0.